The Balaban J connectivity index is 2.04. The highest BCUT2D eigenvalue weighted by Gasteiger charge is 2.54. The van der Waals surface area contributed by atoms with Crippen LogP contribution in [0.5, 0.6) is 0 Å². The minimum atomic E-state index is -1.08. The maximum atomic E-state index is 12.8. The van der Waals surface area contributed by atoms with Gasteiger partial charge in [0.15, 0.2) is 0 Å². The lowest BCUT2D eigenvalue weighted by Gasteiger charge is -2.28. The second-order valence-electron chi connectivity index (χ2n) is 6.86. The van der Waals surface area contributed by atoms with E-state index < -0.39 is 29.4 Å². The van der Waals surface area contributed by atoms with Crippen molar-refractivity contribution in [3.8, 4) is 0 Å². The Morgan fingerprint density at radius 2 is 1.82 bits per heavy atom. The molecule has 7 heteroatoms. The standard InChI is InChI=1S/C21H21Cl2NO4/c1-27-19(25)16-12-21(20(26)28-2,11-13-6-4-3-5-7-13)24-18(16)15-9-8-14(22)10-17(15)23/h3-10,16,18,24H,11-12H2,1-2H3/t16-,18-,21-/m0/s1. The zero-order chi connectivity index (χ0) is 20.3. The van der Waals surface area contributed by atoms with Gasteiger partial charge in [-0.1, -0.05) is 59.6 Å². The summed E-state index contributed by atoms with van der Waals surface area (Å²) in [5.74, 6) is -1.45. The molecule has 1 heterocycles. The van der Waals surface area contributed by atoms with E-state index in [2.05, 4.69) is 5.32 Å². The summed E-state index contributed by atoms with van der Waals surface area (Å²) in [5, 5.41) is 4.25. The van der Waals surface area contributed by atoms with Crippen LogP contribution in [-0.2, 0) is 25.5 Å². The number of esters is 2. The maximum absolute atomic E-state index is 12.8. The molecule has 0 unspecified atom stereocenters. The van der Waals surface area contributed by atoms with Gasteiger partial charge in [0.1, 0.15) is 5.54 Å². The fraction of sp³-hybridized carbons (Fsp3) is 0.333. The Labute approximate surface area is 173 Å². The number of carbonyl (C=O) groups excluding carboxylic acids is 2. The van der Waals surface area contributed by atoms with Crippen molar-refractivity contribution in [1.82, 2.24) is 5.32 Å². The SMILES string of the molecule is COC(=O)[C@H]1C[C@@](Cc2ccccc2)(C(=O)OC)N[C@H]1c1ccc(Cl)cc1Cl. The first-order valence-electron chi connectivity index (χ1n) is 8.83. The lowest BCUT2D eigenvalue weighted by atomic mass is 9.85. The molecule has 1 aliphatic rings. The lowest BCUT2D eigenvalue weighted by Crippen LogP contribution is -2.50. The summed E-state index contributed by atoms with van der Waals surface area (Å²) in [6.45, 7) is 0. The van der Waals surface area contributed by atoms with Gasteiger partial charge in [-0.05, 0) is 29.7 Å². The highest BCUT2D eigenvalue weighted by Crippen LogP contribution is 2.43. The van der Waals surface area contributed by atoms with Crippen molar-refractivity contribution in [3.05, 3.63) is 69.7 Å². The van der Waals surface area contributed by atoms with Gasteiger partial charge in [0.2, 0.25) is 0 Å². The molecule has 2 aromatic carbocycles. The number of nitrogens with one attached hydrogen (secondary N) is 1. The maximum Gasteiger partial charge on any atom is 0.326 e. The third-order valence-electron chi connectivity index (χ3n) is 5.13. The first kappa shape index (κ1) is 20.6. The molecule has 3 rings (SSSR count). The van der Waals surface area contributed by atoms with Crippen molar-refractivity contribution in [2.24, 2.45) is 5.92 Å². The second-order valence-corrected chi connectivity index (χ2v) is 7.70. The Kier molecular flexibility index (Phi) is 6.28. The van der Waals surface area contributed by atoms with Gasteiger partial charge in [-0.3, -0.25) is 14.9 Å². The van der Waals surface area contributed by atoms with E-state index in [0.717, 1.165) is 5.56 Å². The summed E-state index contributed by atoms with van der Waals surface area (Å²) in [7, 11) is 2.67. The Bertz CT molecular complexity index is 874. The van der Waals surface area contributed by atoms with E-state index in [0.29, 0.717) is 22.0 Å². The molecule has 1 aliphatic heterocycles. The van der Waals surface area contributed by atoms with Crippen LogP contribution < -0.4 is 5.32 Å². The predicted octanol–water partition coefficient (Wildman–Crippen LogP) is 3.97. The molecule has 28 heavy (non-hydrogen) atoms. The fourth-order valence-corrected chi connectivity index (χ4v) is 4.37. The molecule has 1 N–H and O–H groups in total. The molecule has 0 aromatic heterocycles. The Morgan fingerprint density at radius 3 is 2.43 bits per heavy atom. The van der Waals surface area contributed by atoms with Gasteiger partial charge in [0.25, 0.3) is 0 Å². The average Bonchev–Trinajstić information content (AvgIpc) is 3.07. The molecular weight excluding hydrogens is 401 g/mol. The molecule has 0 radical (unpaired) electrons. The van der Waals surface area contributed by atoms with Crippen LogP contribution in [0.25, 0.3) is 0 Å². The van der Waals surface area contributed by atoms with E-state index in [4.69, 9.17) is 32.7 Å². The average molecular weight is 422 g/mol. The summed E-state index contributed by atoms with van der Waals surface area (Å²) in [6.07, 6.45) is 0.598. The zero-order valence-electron chi connectivity index (χ0n) is 15.6. The van der Waals surface area contributed by atoms with Crippen LogP contribution in [0.1, 0.15) is 23.6 Å². The van der Waals surface area contributed by atoms with Crippen molar-refractivity contribution in [1.29, 1.82) is 0 Å². The van der Waals surface area contributed by atoms with Crippen LogP contribution in [0, 0.1) is 5.92 Å². The molecule has 0 aliphatic carbocycles. The Hall–Kier alpha value is -2.08. The van der Waals surface area contributed by atoms with Crippen LogP contribution >= 0.6 is 23.2 Å². The summed E-state index contributed by atoms with van der Waals surface area (Å²) in [6, 6.07) is 14.1. The summed E-state index contributed by atoms with van der Waals surface area (Å²) < 4.78 is 10.1. The quantitative estimate of drug-likeness (QED) is 0.739. The first-order chi connectivity index (χ1) is 13.4. The van der Waals surface area contributed by atoms with E-state index in [1.165, 1.54) is 14.2 Å². The predicted molar refractivity (Wildman–Crippen MR) is 107 cm³/mol. The second kappa shape index (κ2) is 8.52. The number of methoxy groups -OCH3 is 2. The largest absolute Gasteiger partial charge is 0.469 e. The Morgan fingerprint density at radius 1 is 1.11 bits per heavy atom. The molecule has 2 aromatic rings. The van der Waals surface area contributed by atoms with Crippen LogP contribution in [0.3, 0.4) is 0 Å². The minimum Gasteiger partial charge on any atom is -0.469 e. The van der Waals surface area contributed by atoms with Crippen LogP contribution in [0.4, 0.5) is 0 Å². The van der Waals surface area contributed by atoms with Crippen molar-refractivity contribution >= 4 is 35.1 Å². The first-order valence-corrected chi connectivity index (χ1v) is 9.58. The molecule has 1 fully saturated rings. The number of ether oxygens (including phenoxy) is 2. The molecule has 3 atom stereocenters. The van der Waals surface area contributed by atoms with E-state index in [1.807, 2.05) is 30.3 Å². The minimum absolute atomic E-state index is 0.227. The zero-order valence-corrected chi connectivity index (χ0v) is 17.1. The fourth-order valence-electron chi connectivity index (χ4n) is 3.85. The van der Waals surface area contributed by atoms with Crippen molar-refractivity contribution in [3.63, 3.8) is 0 Å². The van der Waals surface area contributed by atoms with Gasteiger partial charge in [-0.15, -0.1) is 0 Å². The van der Waals surface area contributed by atoms with Crippen molar-refractivity contribution < 1.29 is 19.1 Å². The molecule has 0 spiro atoms. The van der Waals surface area contributed by atoms with Crippen LogP contribution in [-0.4, -0.2) is 31.7 Å². The molecule has 5 nitrogen and oxygen atoms in total. The van der Waals surface area contributed by atoms with E-state index in [9.17, 15) is 9.59 Å². The third kappa shape index (κ3) is 4.02. The van der Waals surface area contributed by atoms with E-state index >= 15 is 0 Å². The molecular formula is C21H21Cl2NO4. The van der Waals surface area contributed by atoms with Crippen molar-refractivity contribution in [2.45, 2.75) is 24.4 Å². The number of benzene rings is 2. The number of hydrogen-bond donors (Lipinski definition) is 1. The third-order valence-corrected chi connectivity index (χ3v) is 5.69. The van der Waals surface area contributed by atoms with Gasteiger partial charge in [0.05, 0.1) is 20.1 Å². The molecule has 0 saturated carbocycles. The molecule has 148 valence electrons. The van der Waals surface area contributed by atoms with E-state index in [-0.39, 0.29) is 6.42 Å². The highest BCUT2D eigenvalue weighted by molar-refractivity contribution is 6.35. The topological polar surface area (TPSA) is 64.6 Å². The number of halogens is 2. The summed E-state index contributed by atoms with van der Waals surface area (Å²) >= 11 is 12.4. The summed E-state index contributed by atoms with van der Waals surface area (Å²) in [5.41, 5.74) is 0.551. The van der Waals surface area contributed by atoms with Gasteiger partial charge < -0.3 is 9.47 Å². The smallest absolute Gasteiger partial charge is 0.326 e. The van der Waals surface area contributed by atoms with E-state index in [1.54, 1.807) is 18.2 Å². The number of hydrogen-bond acceptors (Lipinski definition) is 5. The number of rotatable bonds is 5. The molecule has 0 amide bonds. The lowest BCUT2D eigenvalue weighted by molar-refractivity contribution is -0.148. The number of carbonyl (C=O) groups is 2. The van der Waals surface area contributed by atoms with Crippen LogP contribution in [0.15, 0.2) is 48.5 Å². The van der Waals surface area contributed by atoms with Crippen molar-refractivity contribution in [2.75, 3.05) is 14.2 Å². The van der Waals surface area contributed by atoms with Gasteiger partial charge in [-0.2, -0.15) is 0 Å². The summed E-state index contributed by atoms with van der Waals surface area (Å²) in [4.78, 5) is 25.4. The normalized spacial score (nSPS) is 24.0. The van der Waals surface area contributed by atoms with Gasteiger partial charge in [0, 0.05) is 22.5 Å². The highest BCUT2D eigenvalue weighted by atomic mass is 35.5. The van der Waals surface area contributed by atoms with Gasteiger partial charge in [-0.25, -0.2) is 0 Å². The molecule has 0 bridgehead atoms. The molecule has 1 saturated heterocycles. The monoisotopic (exact) mass is 421 g/mol. The van der Waals surface area contributed by atoms with Crippen LogP contribution in [0.2, 0.25) is 10.0 Å². The van der Waals surface area contributed by atoms with Gasteiger partial charge >= 0.3 is 11.9 Å².